The number of amides is 2. The van der Waals surface area contributed by atoms with E-state index in [0.29, 0.717) is 42.7 Å². The fourth-order valence-corrected chi connectivity index (χ4v) is 6.05. The van der Waals surface area contributed by atoms with E-state index < -0.39 is 23.6 Å². The van der Waals surface area contributed by atoms with Crippen LogP contribution in [0, 0.1) is 5.92 Å². The smallest absolute Gasteiger partial charge is 0.329 e. The van der Waals surface area contributed by atoms with Gasteiger partial charge >= 0.3 is 12.0 Å². The van der Waals surface area contributed by atoms with Gasteiger partial charge in [0.25, 0.3) is 0 Å². The maximum Gasteiger partial charge on any atom is 0.329 e. The number of ketones is 1. The lowest BCUT2D eigenvalue weighted by molar-refractivity contribution is -0.155. The Morgan fingerprint density at radius 2 is 1.61 bits per heavy atom. The number of hydrogen-bond acceptors (Lipinski definition) is 6. The van der Waals surface area contributed by atoms with E-state index in [9.17, 15) is 19.5 Å². The molecule has 2 aromatic carbocycles. The predicted molar refractivity (Wildman–Crippen MR) is 155 cm³/mol. The van der Waals surface area contributed by atoms with Crippen LogP contribution in [0.2, 0.25) is 0 Å². The highest BCUT2D eigenvalue weighted by atomic mass is 16.5. The van der Waals surface area contributed by atoms with Gasteiger partial charge in [0.05, 0.1) is 25.4 Å². The largest absolute Gasteiger partial charge is 0.493 e. The minimum Gasteiger partial charge on any atom is -0.493 e. The number of ether oxygens (including phenoxy) is 3. The molecule has 0 saturated heterocycles. The van der Waals surface area contributed by atoms with Crippen LogP contribution in [0.3, 0.4) is 0 Å². The molecular weight excluding hydrogens is 524 g/mol. The van der Waals surface area contributed by atoms with Crippen molar-refractivity contribution in [3.8, 4) is 11.5 Å². The number of nitrogens with one attached hydrogen (secondary N) is 1. The zero-order chi connectivity index (χ0) is 29.7. The molecule has 0 unspecified atom stereocenters. The molecule has 0 spiro atoms. The SMILES string of the molecule is CCOc1cc([C@@H](C)N(CCC2Cc3ccccc3C2)C(=O)N[C@]2(C(=O)O)C[C@@H](OC)C2)cc(OCC)c1C(C)=O. The summed E-state index contributed by atoms with van der Waals surface area (Å²) in [5.41, 5.74) is 2.42. The van der Waals surface area contributed by atoms with E-state index >= 15 is 0 Å². The van der Waals surface area contributed by atoms with Crippen molar-refractivity contribution in [2.24, 2.45) is 5.92 Å². The fraction of sp³-hybridized carbons (Fsp3) is 0.531. The molecule has 1 fully saturated rings. The Labute approximate surface area is 242 Å². The van der Waals surface area contributed by atoms with Gasteiger partial charge in [0, 0.05) is 26.5 Å². The number of nitrogens with zero attached hydrogens (tertiary/aromatic N) is 1. The fourth-order valence-electron chi connectivity index (χ4n) is 6.05. The van der Waals surface area contributed by atoms with Crippen LogP contribution in [0.25, 0.3) is 0 Å². The second-order valence-electron chi connectivity index (χ2n) is 11.1. The highest BCUT2D eigenvalue weighted by molar-refractivity contribution is 6.00. The van der Waals surface area contributed by atoms with E-state index in [1.807, 2.05) is 20.8 Å². The summed E-state index contributed by atoms with van der Waals surface area (Å²) in [7, 11) is 1.54. The molecular formula is C32H42N2O7. The highest BCUT2D eigenvalue weighted by Gasteiger charge is 2.52. The molecule has 2 amide bonds. The normalized spacial score (nSPS) is 20.5. The van der Waals surface area contributed by atoms with Gasteiger partial charge in [0.1, 0.15) is 22.6 Å². The third-order valence-corrected chi connectivity index (χ3v) is 8.41. The Bertz CT molecular complexity index is 1220. The van der Waals surface area contributed by atoms with Crippen molar-refractivity contribution in [1.82, 2.24) is 10.2 Å². The second-order valence-corrected chi connectivity index (χ2v) is 11.1. The molecule has 2 N–H and O–H groups in total. The Morgan fingerprint density at radius 3 is 2.07 bits per heavy atom. The molecule has 0 radical (unpaired) electrons. The van der Waals surface area contributed by atoms with Gasteiger partial charge in [-0.3, -0.25) is 4.79 Å². The summed E-state index contributed by atoms with van der Waals surface area (Å²) in [4.78, 5) is 40.3. The Kier molecular flexibility index (Phi) is 9.58. The van der Waals surface area contributed by atoms with E-state index in [4.69, 9.17) is 14.2 Å². The third-order valence-electron chi connectivity index (χ3n) is 8.41. The van der Waals surface area contributed by atoms with Crippen molar-refractivity contribution < 1.29 is 33.7 Å². The van der Waals surface area contributed by atoms with Gasteiger partial charge in [-0.2, -0.15) is 0 Å². The number of aliphatic carboxylic acids is 1. The third kappa shape index (κ3) is 6.50. The topological polar surface area (TPSA) is 114 Å². The minimum absolute atomic E-state index is 0.174. The van der Waals surface area contributed by atoms with Crippen molar-refractivity contribution in [3.63, 3.8) is 0 Å². The first-order valence-electron chi connectivity index (χ1n) is 14.5. The highest BCUT2D eigenvalue weighted by Crippen LogP contribution is 2.38. The van der Waals surface area contributed by atoms with Crippen LogP contribution in [0.1, 0.15) is 80.0 Å². The molecule has 41 heavy (non-hydrogen) atoms. The molecule has 2 aliphatic rings. The van der Waals surface area contributed by atoms with Crippen LogP contribution < -0.4 is 14.8 Å². The van der Waals surface area contributed by atoms with E-state index in [-0.39, 0.29) is 24.7 Å². The molecule has 0 aromatic heterocycles. The van der Waals surface area contributed by atoms with Gasteiger partial charge in [-0.05, 0) is 81.7 Å². The second kappa shape index (κ2) is 12.9. The number of carbonyl (C=O) groups excluding carboxylic acids is 2. The number of hydrogen-bond donors (Lipinski definition) is 2. The van der Waals surface area contributed by atoms with Crippen LogP contribution in [-0.4, -0.2) is 66.3 Å². The first-order chi connectivity index (χ1) is 19.6. The maximum atomic E-state index is 13.9. The number of carboxylic acids is 1. The zero-order valence-corrected chi connectivity index (χ0v) is 24.7. The number of methoxy groups -OCH3 is 1. The lowest BCUT2D eigenvalue weighted by Crippen LogP contribution is -2.66. The van der Waals surface area contributed by atoms with Crippen LogP contribution in [0.5, 0.6) is 11.5 Å². The number of Topliss-reactive ketones (excluding diaryl/α,β-unsaturated/α-hetero) is 1. The van der Waals surface area contributed by atoms with Crippen LogP contribution in [0.4, 0.5) is 4.79 Å². The molecule has 0 bridgehead atoms. The summed E-state index contributed by atoms with van der Waals surface area (Å²) in [5.74, 6) is -0.0525. The average Bonchev–Trinajstić information content (AvgIpc) is 3.33. The van der Waals surface area contributed by atoms with E-state index in [2.05, 4.69) is 29.6 Å². The number of benzene rings is 2. The number of urea groups is 1. The predicted octanol–water partition coefficient (Wildman–Crippen LogP) is 5.20. The monoisotopic (exact) mass is 566 g/mol. The molecule has 0 heterocycles. The van der Waals surface area contributed by atoms with Crippen molar-refractivity contribution in [3.05, 3.63) is 58.7 Å². The molecule has 222 valence electrons. The summed E-state index contributed by atoms with van der Waals surface area (Å²) in [6, 6.07) is 11.1. The van der Waals surface area contributed by atoms with Crippen LogP contribution >= 0.6 is 0 Å². The molecule has 9 nitrogen and oxygen atoms in total. The van der Waals surface area contributed by atoms with E-state index in [0.717, 1.165) is 24.8 Å². The Hall–Kier alpha value is -3.59. The Balaban J connectivity index is 1.64. The van der Waals surface area contributed by atoms with Crippen LogP contribution in [0.15, 0.2) is 36.4 Å². The van der Waals surface area contributed by atoms with Gasteiger partial charge in [0.15, 0.2) is 5.78 Å². The minimum atomic E-state index is -1.37. The van der Waals surface area contributed by atoms with E-state index in [1.54, 1.807) is 24.1 Å². The van der Waals surface area contributed by atoms with Crippen LogP contribution in [-0.2, 0) is 22.4 Å². The zero-order valence-electron chi connectivity index (χ0n) is 24.7. The average molecular weight is 567 g/mol. The standard InChI is InChI=1S/C32H42N2O7/c1-6-40-27-16-25(17-28(41-7-2)29(27)21(4)35)20(3)34(13-12-22-14-23-10-8-9-11-24(23)15-22)31(38)33-32(30(36)37)18-26(19-32)39-5/h8-11,16-17,20,22,26H,6-7,12-15,18-19H2,1-5H3,(H,33,38)(H,36,37)/t20-,26-,32-/m1/s1. The van der Waals surface area contributed by atoms with Gasteiger partial charge in [-0.15, -0.1) is 0 Å². The van der Waals surface area contributed by atoms with Gasteiger partial charge in [-0.25, -0.2) is 9.59 Å². The molecule has 2 aromatic rings. The summed E-state index contributed by atoms with van der Waals surface area (Å²) >= 11 is 0. The molecule has 4 rings (SSSR count). The molecule has 9 heteroatoms. The lowest BCUT2D eigenvalue weighted by atomic mass is 9.74. The quantitative estimate of drug-likeness (QED) is 0.321. The van der Waals surface area contributed by atoms with Crippen molar-refractivity contribution in [2.45, 2.75) is 77.5 Å². The molecule has 0 aliphatic heterocycles. The van der Waals surface area contributed by atoms with E-state index in [1.165, 1.54) is 18.1 Å². The first-order valence-corrected chi connectivity index (χ1v) is 14.5. The summed E-state index contributed by atoms with van der Waals surface area (Å²) in [6.45, 7) is 8.21. The van der Waals surface area contributed by atoms with Gasteiger partial charge in [0.2, 0.25) is 0 Å². The van der Waals surface area contributed by atoms with Crippen molar-refractivity contribution in [2.75, 3.05) is 26.9 Å². The first kappa shape index (κ1) is 30.4. The van der Waals surface area contributed by atoms with Gasteiger partial charge < -0.3 is 29.5 Å². The number of rotatable bonds is 13. The summed E-state index contributed by atoms with van der Waals surface area (Å²) in [6.07, 6.45) is 2.86. The number of carbonyl (C=O) groups is 3. The molecule has 2 aliphatic carbocycles. The number of carboxylic acid groups (broad SMARTS) is 1. The maximum absolute atomic E-state index is 13.9. The van der Waals surface area contributed by atoms with Crippen molar-refractivity contribution in [1.29, 1.82) is 0 Å². The van der Waals surface area contributed by atoms with Crippen molar-refractivity contribution >= 4 is 17.8 Å². The summed E-state index contributed by atoms with van der Waals surface area (Å²) in [5, 5.41) is 12.8. The number of fused-ring (bicyclic) bond motifs is 1. The van der Waals surface area contributed by atoms with Gasteiger partial charge in [-0.1, -0.05) is 24.3 Å². The Morgan fingerprint density at radius 1 is 1.05 bits per heavy atom. The lowest BCUT2D eigenvalue weighted by Gasteiger charge is -2.45. The summed E-state index contributed by atoms with van der Waals surface area (Å²) < 4.78 is 17.0. The molecule has 1 atom stereocenters. The molecule has 1 saturated carbocycles.